The zero-order valence-electron chi connectivity index (χ0n) is 22.6. The number of carbonyl (C=O) groups excluding carboxylic acids is 1. The van der Waals surface area contributed by atoms with E-state index in [1.54, 1.807) is 24.3 Å². The number of benzene rings is 1. The second kappa shape index (κ2) is 9.37. The largest absolute Gasteiger partial charge is 0.412 e. The second-order valence-electron chi connectivity index (χ2n) is 12.6. The second-order valence-corrected chi connectivity index (χ2v) is 20.2. The smallest absolute Gasteiger partial charge is 0.200 e. The fourth-order valence-corrected chi connectivity index (χ4v) is 16.9. The molecule has 1 aromatic rings. The van der Waals surface area contributed by atoms with Gasteiger partial charge in [0, 0.05) is 24.9 Å². The molecule has 1 saturated heterocycles. The third kappa shape index (κ3) is 4.00. The Labute approximate surface area is 213 Å². The van der Waals surface area contributed by atoms with Gasteiger partial charge >= 0.3 is 0 Å². The summed E-state index contributed by atoms with van der Waals surface area (Å²) in [6.45, 7) is 16.5. The highest BCUT2D eigenvalue weighted by Crippen LogP contribution is 2.60. The van der Waals surface area contributed by atoms with E-state index in [0.717, 1.165) is 12.8 Å². The van der Waals surface area contributed by atoms with Crippen molar-refractivity contribution >= 4 is 23.9 Å². The number of rotatable bonds is 7. The molecule has 35 heavy (non-hydrogen) atoms. The molecule has 0 unspecified atom stereocenters. The first-order valence-corrected chi connectivity index (χ1v) is 17.2. The van der Waals surface area contributed by atoms with Gasteiger partial charge in [-0.05, 0) is 59.9 Å². The van der Waals surface area contributed by atoms with Crippen molar-refractivity contribution in [3.05, 3.63) is 30.3 Å². The van der Waals surface area contributed by atoms with Gasteiger partial charge in [0.15, 0.2) is 9.84 Å². The molecule has 3 aliphatic rings. The summed E-state index contributed by atoms with van der Waals surface area (Å²) in [6, 6.07) is 8.93. The lowest BCUT2D eigenvalue weighted by Crippen LogP contribution is -2.79. The van der Waals surface area contributed by atoms with Crippen molar-refractivity contribution in [1.29, 1.82) is 0 Å². The van der Waals surface area contributed by atoms with Gasteiger partial charge in [-0.1, -0.05) is 66.7 Å². The minimum absolute atomic E-state index is 0.176. The molecule has 0 aromatic heterocycles. The van der Waals surface area contributed by atoms with Crippen molar-refractivity contribution in [2.45, 2.75) is 118 Å². The standard InChI is InChI=1S/C28H45NO4SSi/c1-19(2)35(20(3)4,21(5)6)33-25-17-28(34(31,32)26-11-9-8-10-12-26)23-13-22(7)15-27(28,29-18-25)16-24(30)14-23/h8-12,19-23,25,29H,13-18H2,1-7H3/t22-,23+,25-,27+,28+/m1/s1. The number of Topliss-reactive ketones (excluding diaryl/α,β-unsaturated/α-hetero) is 1. The Morgan fingerprint density at radius 3 is 2.17 bits per heavy atom. The van der Waals surface area contributed by atoms with Crippen LogP contribution in [-0.2, 0) is 19.1 Å². The molecule has 2 aliphatic carbocycles. The number of piperidine rings is 1. The van der Waals surface area contributed by atoms with Crippen molar-refractivity contribution in [2.24, 2.45) is 11.8 Å². The van der Waals surface area contributed by atoms with Crippen molar-refractivity contribution in [3.8, 4) is 0 Å². The minimum atomic E-state index is -3.73. The molecule has 5 nitrogen and oxygen atoms in total. The number of hydrogen-bond acceptors (Lipinski definition) is 5. The summed E-state index contributed by atoms with van der Waals surface area (Å²) in [6.07, 6.45) is 2.44. The zero-order chi connectivity index (χ0) is 25.8. The molecule has 1 aliphatic heterocycles. The summed E-state index contributed by atoms with van der Waals surface area (Å²) in [5.41, 5.74) is 0.546. The SMILES string of the molecule is CC(C)[Si](O[C@H]1CN[C@]23CC(=O)C[C@H](C[C@@H](C)C2)[C@@]3(S(=O)(=O)c2ccccc2)C1)(C(C)C)C(C)C. The Hall–Kier alpha value is -1.02. The first-order valence-electron chi connectivity index (χ1n) is 13.6. The molecule has 5 atom stereocenters. The Kier molecular flexibility index (Phi) is 7.24. The molecule has 1 aromatic carbocycles. The molecular formula is C28H45NO4SSi. The number of hydrogen-bond donors (Lipinski definition) is 1. The Bertz CT molecular complexity index is 1020. The number of ketones is 1. The van der Waals surface area contributed by atoms with Gasteiger partial charge in [-0.3, -0.25) is 4.79 Å². The Morgan fingerprint density at radius 1 is 1.00 bits per heavy atom. The molecule has 4 rings (SSSR count). The molecule has 2 saturated carbocycles. The van der Waals surface area contributed by atoms with E-state index in [-0.39, 0.29) is 17.8 Å². The molecule has 0 spiro atoms. The first-order chi connectivity index (χ1) is 16.3. The molecule has 1 heterocycles. The fourth-order valence-electron chi connectivity index (χ4n) is 8.61. The van der Waals surface area contributed by atoms with Crippen LogP contribution in [0.1, 0.15) is 80.6 Å². The lowest BCUT2D eigenvalue weighted by Gasteiger charge is -2.64. The molecule has 0 radical (unpaired) electrons. The number of nitrogens with one attached hydrogen (secondary N) is 1. The van der Waals surface area contributed by atoms with Crippen molar-refractivity contribution in [2.75, 3.05) is 6.54 Å². The lowest BCUT2D eigenvalue weighted by molar-refractivity contribution is -0.131. The number of carbonyl (C=O) groups is 1. The molecule has 2 bridgehead atoms. The predicted molar refractivity (Wildman–Crippen MR) is 144 cm³/mol. The summed E-state index contributed by atoms with van der Waals surface area (Å²) in [5.74, 6) is 0.389. The molecule has 196 valence electrons. The predicted octanol–water partition coefficient (Wildman–Crippen LogP) is 5.90. The average molecular weight is 520 g/mol. The zero-order valence-corrected chi connectivity index (χ0v) is 24.5. The highest BCUT2D eigenvalue weighted by Gasteiger charge is 2.71. The highest BCUT2D eigenvalue weighted by molar-refractivity contribution is 7.93. The average Bonchev–Trinajstić information content (AvgIpc) is 2.76. The first kappa shape index (κ1) is 27.0. The summed E-state index contributed by atoms with van der Waals surface area (Å²) in [5, 5.41) is 3.73. The van der Waals surface area contributed by atoms with E-state index in [0.29, 0.717) is 53.2 Å². The fraction of sp³-hybridized carbons (Fsp3) is 0.750. The summed E-state index contributed by atoms with van der Waals surface area (Å²) in [7, 11) is -5.94. The van der Waals surface area contributed by atoms with Gasteiger partial charge in [0.2, 0.25) is 8.32 Å². The maximum atomic E-state index is 14.7. The molecule has 1 N–H and O–H groups in total. The van der Waals surface area contributed by atoms with E-state index in [2.05, 4.69) is 53.8 Å². The van der Waals surface area contributed by atoms with Crippen LogP contribution in [0.2, 0.25) is 16.6 Å². The van der Waals surface area contributed by atoms with Crippen LogP contribution in [0.25, 0.3) is 0 Å². The van der Waals surface area contributed by atoms with E-state index >= 15 is 0 Å². The Morgan fingerprint density at radius 2 is 1.60 bits per heavy atom. The van der Waals surface area contributed by atoms with E-state index < -0.39 is 28.4 Å². The monoisotopic (exact) mass is 519 g/mol. The lowest BCUT2D eigenvalue weighted by atomic mass is 9.53. The van der Waals surface area contributed by atoms with Gasteiger partial charge in [-0.25, -0.2) is 8.42 Å². The summed E-state index contributed by atoms with van der Waals surface area (Å²) in [4.78, 5) is 13.3. The van der Waals surface area contributed by atoms with Crippen LogP contribution in [0.15, 0.2) is 35.2 Å². The van der Waals surface area contributed by atoms with Crippen molar-refractivity contribution < 1.29 is 17.6 Å². The van der Waals surface area contributed by atoms with E-state index in [1.165, 1.54) is 0 Å². The van der Waals surface area contributed by atoms with Crippen LogP contribution in [0, 0.1) is 11.8 Å². The quantitative estimate of drug-likeness (QED) is 0.454. The van der Waals surface area contributed by atoms with Gasteiger partial charge < -0.3 is 9.74 Å². The minimum Gasteiger partial charge on any atom is -0.412 e. The van der Waals surface area contributed by atoms with E-state index in [1.807, 2.05) is 6.07 Å². The van der Waals surface area contributed by atoms with Gasteiger partial charge in [0.05, 0.1) is 11.0 Å². The summed E-state index contributed by atoms with van der Waals surface area (Å²) >= 11 is 0. The molecular weight excluding hydrogens is 474 g/mol. The third-order valence-corrected chi connectivity index (χ3v) is 18.5. The van der Waals surface area contributed by atoms with E-state index in [4.69, 9.17) is 4.43 Å². The highest BCUT2D eigenvalue weighted by atomic mass is 32.2. The van der Waals surface area contributed by atoms with Crippen molar-refractivity contribution in [3.63, 3.8) is 0 Å². The maximum absolute atomic E-state index is 14.7. The van der Waals surface area contributed by atoms with Crippen molar-refractivity contribution in [1.82, 2.24) is 5.32 Å². The topological polar surface area (TPSA) is 72.5 Å². The van der Waals surface area contributed by atoms with Crippen LogP contribution in [0.4, 0.5) is 0 Å². The van der Waals surface area contributed by atoms with Crippen LogP contribution in [0.5, 0.6) is 0 Å². The summed E-state index contributed by atoms with van der Waals surface area (Å²) < 4.78 is 35.5. The maximum Gasteiger partial charge on any atom is 0.200 e. The van der Waals surface area contributed by atoms with Gasteiger partial charge in [-0.2, -0.15) is 0 Å². The van der Waals surface area contributed by atoms with Gasteiger partial charge in [0.25, 0.3) is 0 Å². The molecule has 3 fully saturated rings. The van der Waals surface area contributed by atoms with Gasteiger partial charge in [-0.15, -0.1) is 0 Å². The van der Waals surface area contributed by atoms with Crippen LogP contribution < -0.4 is 5.32 Å². The van der Waals surface area contributed by atoms with Crippen LogP contribution in [-0.4, -0.2) is 45.5 Å². The van der Waals surface area contributed by atoms with Gasteiger partial charge in [0.1, 0.15) is 10.5 Å². The third-order valence-electron chi connectivity index (χ3n) is 9.64. The normalized spacial score (nSPS) is 33.9. The molecule has 0 amide bonds. The van der Waals surface area contributed by atoms with Crippen LogP contribution >= 0.6 is 0 Å². The van der Waals surface area contributed by atoms with Crippen LogP contribution in [0.3, 0.4) is 0 Å². The molecule has 7 heteroatoms. The number of sulfone groups is 1. The Balaban J connectivity index is 1.86. The van der Waals surface area contributed by atoms with E-state index in [9.17, 15) is 13.2 Å².